The lowest BCUT2D eigenvalue weighted by molar-refractivity contribution is 0.261. The van der Waals surface area contributed by atoms with E-state index in [0.29, 0.717) is 0 Å². The number of likely N-dealkylation sites (N-methyl/N-ethyl adjacent to an activating group) is 1. The van der Waals surface area contributed by atoms with E-state index < -0.39 is 0 Å². The zero-order valence-electron chi connectivity index (χ0n) is 13.1. The van der Waals surface area contributed by atoms with Gasteiger partial charge >= 0.3 is 0 Å². The van der Waals surface area contributed by atoms with Gasteiger partial charge in [-0.3, -0.25) is 0 Å². The third-order valence-corrected chi connectivity index (χ3v) is 4.63. The smallest absolute Gasteiger partial charge is 0.121 e. The third-order valence-electron chi connectivity index (χ3n) is 4.63. The van der Waals surface area contributed by atoms with Gasteiger partial charge in [0, 0.05) is 24.8 Å². The van der Waals surface area contributed by atoms with Crippen molar-refractivity contribution >= 4 is 5.69 Å². The van der Waals surface area contributed by atoms with Crippen LogP contribution in [0.25, 0.3) is 0 Å². The van der Waals surface area contributed by atoms with Gasteiger partial charge in [-0.2, -0.15) is 0 Å². The summed E-state index contributed by atoms with van der Waals surface area (Å²) < 4.78 is 5.79. The Morgan fingerprint density at radius 2 is 2.14 bits per heavy atom. The second kappa shape index (κ2) is 6.52. The highest BCUT2D eigenvalue weighted by molar-refractivity contribution is 5.48. The molecule has 1 N–H and O–H groups in total. The van der Waals surface area contributed by atoms with Crippen LogP contribution in [0, 0.1) is 17.8 Å². The Bertz CT molecular complexity index is 498. The lowest BCUT2D eigenvalue weighted by Gasteiger charge is -2.19. The predicted octanol–water partition coefficient (Wildman–Crippen LogP) is 3.25. The summed E-state index contributed by atoms with van der Waals surface area (Å²) in [5.41, 5.74) is 1.17. The number of allylic oxidation sites excluding steroid dienone is 2. The first kappa shape index (κ1) is 14.5. The summed E-state index contributed by atoms with van der Waals surface area (Å²) in [6.07, 6.45) is 7.55. The molecule has 0 saturated heterocycles. The molecule has 1 saturated carbocycles. The summed E-state index contributed by atoms with van der Waals surface area (Å²) in [7, 11) is 4.12. The third kappa shape index (κ3) is 3.79. The van der Waals surface area contributed by atoms with Crippen LogP contribution in [0.1, 0.15) is 12.8 Å². The monoisotopic (exact) mass is 286 g/mol. The first-order chi connectivity index (χ1) is 10.2. The van der Waals surface area contributed by atoms with Crippen molar-refractivity contribution in [2.45, 2.75) is 12.8 Å². The molecule has 0 radical (unpaired) electrons. The Labute approximate surface area is 128 Å². The SMILES string of the molecule is CN(C)CCOc1cccc(NCC2CC3C=CC2C3)c1. The Hall–Kier alpha value is -1.48. The molecule has 3 unspecified atom stereocenters. The van der Waals surface area contributed by atoms with E-state index in [4.69, 9.17) is 4.74 Å². The van der Waals surface area contributed by atoms with Crippen molar-refractivity contribution in [1.82, 2.24) is 4.90 Å². The van der Waals surface area contributed by atoms with Crippen molar-refractivity contribution < 1.29 is 4.74 Å². The maximum absolute atomic E-state index is 5.79. The van der Waals surface area contributed by atoms with Crippen LogP contribution in [0.4, 0.5) is 5.69 Å². The first-order valence-corrected chi connectivity index (χ1v) is 8.00. The molecule has 1 aromatic rings. The Morgan fingerprint density at radius 1 is 1.24 bits per heavy atom. The largest absolute Gasteiger partial charge is 0.492 e. The zero-order chi connectivity index (χ0) is 14.7. The molecular weight excluding hydrogens is 260 g/mol. The summed E-state index contributed by atoms with van der Waals surface area (Å²) in [5.74, 6) is 3.41. The van der Waals surface area contributed by atoms with E-state index in [0.717, 1.165) is 43.2 Å². The van der Waals surface area contributed by atoms with E-state index >= 15 is 0 Å². The Kier molecular flexibility index (Phi) is 4.49. The van der Waals surface area contributed by atoms with Gasteiger partial charge in [0.25, 0.3) is 0 Å². The molecular formula is C18H26N2O. The number of benzene rings is 1. The minimum atomic E-state index is 0.730. The second-order valence-corrected chi connectivity index (χ2v) is 6.60. The Balaban J connectivity index is 1.48. The Morgan fingerprint density at radius 3 is 2.86 bits per heavy atom. The summed E-state index contributed by atoms with van der Waals surface area (Å²) in [6.45, 7) is 2.75. The van der Waals surface area contributed by atoms with Gasteiger partial charge in [0.1, 0.15) is 12.4 Å². The molecule has 1 fully saturated rings. The van der Waals surface area contributed by atoms with Crippen LogP contribution >= 0.6 is 0 Å². The number of fused-ring (bicyclic) bond motifs is 2. The number of anilines is 1. The van der Waals surface area contributed by atoms with E-state index in [2.05, 4.69) is 54.7 Å². The van der Waals surface area contributed by atoms with Gasteiger partial charge < -0.3 is 15.0 Å². The van der Waals surface area contributed by atoms with Crippen LogP contribution in [0.3, 0.4) is 0 Å². The number of hydrogen-bond acceptors (Lipinski definition) is 3. The molecule has 2 aliphatic carbocycles. The van der Waals surface area contributed by atoms with Gasteiger partial charge in [-0.15, -0.1) is 0 Å². The van der Waals surface area contributed by atoms with Gasteiger partial charge in [0.15, 0.2) is 0 Å². The lowest BCUT2D eigenvalue weighted by Crippen LogP contribution is -2.19. The fourth-order valence-electron chi connectivity index (χ4n) is 3.42. The average molecular weight is 286 g/mol. The molecule has 0 heterocycles. The standard InChI is InChI=1S/C18H26N2O/c1-20(2)8-9-21-18-5-3-4-17(12-18)19-13-16-11-14-6-7-15(16)10-14/h3-7,12,14-16,19H,8-11,13H2,1-2H3. The minimum absolute atomic E-state index is 0.730. The molecule has 21 heavy (non-hydrogen) atoms. The molecule has 3 rings (SSSR count). The van der Waals surface area contributed by atoms with Gasteiger partial charge in [-0.05, 0) is 56.8 Å². The molecule has 3 heteroatoms. The van der Waals surface area contributed by atoms with E-state index in [9.17, 15) is 0 Å². The van der Waals surface area contributed by atoms with Crippen LogP contribution in [-0.4, -0.2) is 38.7 Å². The number of nitrogens with one attached hydrogen (secondary N) is 1. The van der Waals surface area contributed by atoms with Crippen molar-refractivity contribution in [3.05, 3.63) is 36.4 Å². The molecule has 0 aromatic heterocycles. The molecule has 0 spiro atoms. The first-order valence-electron chi connectivity index (χ1n) is 8.00. The van der Waals surface area contributed by atoms with E-state index in [1.54, 1.807) is 0 Å². The summed E-state index contributed by atoms with van der Waals surface area (Å²) in [6, 6.07) is 8.33. The molecule has 2 bridgehead atoms. The molecule has 0 amide bonds. The summed E-state index contributed by atoms with van der Waals surface area (Å²) in [5, 5.41) is 3.59. The number of nitrogens with zero attached hydrogens (tertiary/aromatic N) is 1. The molecule has 2 aliphatic rings. The summed E-state index contributed by atoms with van der Waals surface area (Å²) in [4.78, 5) is 2.13. The summed E-state index contributed by atoms with van der Waals surface area (Å²) >= 11 is 0. The van der Waals surface area contributed by atoms with Crippen LogP contribution < -0.4 is 10.1 Å². The molecule has 3 atom stereocenters. The highest BCUT2D eigenvalue weighted by Crippen LogP contribution is 2.43. The van der Waals surface area contributed by atoms with Crippen molar-refractivity contribution in [1.29, 1.82) is 0 Å². The predicted molar refractivity (Wildman–Crippen MR) is 87.8 cm³/mol. The van der Waals surface area contributed by atoms with Gasteiger partial charge in [-0.25, -0.2) is 0 Å². The van der Waals surface area contributed by atoms with Gasteiger partial charge in [0.2, 0.25) is 0 Å². The van der Waals surface area contributed by atoms with Crippen LogP contribution in [0.15, 0.2) is 36.4 Å². The van der Waals surface area contributed by atoms with Gasteiger partial charge in [0.05, 0.1) is 0 Å². The van der Waals surface area contributed by atoms with Crippen molar-refractivity contribution in [3.63, 3.8) is 0 Å². The topological polar surface area (TPSA) is 24.5 Å². The normalized spacial score (nSPS) is 26.5. The minimum Gasteiger partial charge on any atom is -0.492 e. The average Bonchev–Trinajstić information content (AvgIpc) is 3.08. The van der Waals surface area contributed by atoms with Crippen molar-refractivity contribution in [2.75, 3.05) is 39.1 Å². The maximum atomic E-state index is 5.79. The number of hydrogen-bond donors (Lipinski definition) is 1. The van der Waals surface area contributed by atoms with E-state index in [-0.39, 0.29) is 0 Å². The highest BCUT2D eigenvalue weighted by Gasteiger charge is 2.35. The molecule has 114 valence electrons. The zero-order valence-corrected chi connectivity index (χ0v) is 13.1. The van der Waals surface area contributed by atoms with Crippen molar-refractivity contribution in [2.24, 2.45) is 17.8 Å². The fourth-order valence-corrected chi connectivity index (χ4v) is 3.42. The van der Waals surface area contributed by atoms with Gasteiger partial charge in [-0.1, -0.05) is 18.2 Å². The lowest BCUT2D eigenvalue weighted by atomic mass is 9.93. The molecule has 1 aromatic carbocycles. The van der Waals surface area contributed by atoms with E-state index in [1.165, 1.54) is 18.5 Å². The quantitative estimate of drug-likeness (QED) is 0.779. The van der Waals surface area contributed by atoms with Crippen molar-refractivity contribution in [3.8, 4) is 5.75 Å². The highest BCUT2D eigenvalue weighted by atomic mass is 16.5. The maximum Gasteiger partial charge on any atom is 0.121 e. The second-order valence-electron chi connectivity index (χ2n) is 6.60. The fraction of sp³-hybridized carbons (Fsp3) is 0.556. The van der Waals surface area contributed by atoms with E-state index in [1.807, 2.05) is 6.07 Å². The molecule has 3 nitrogen and oxygen atoms in total. The van der Waals surface area contributed by atoms with Crippen LogP contribution in [0.2, 0.25) is 0 Å². The van der Waals surface area contributed by atoms with Crippen LogP contribution in [0.5, 0.6) is 5.75 Å². The number of ether oxygens (including phenoxy) is 1. The number of rotatable bonds is 7. The van der Waals surface area contributed by atoms with Crippen LogP contribution in [-0.2, 0) is 0 Å². The molecule has 0 aliphatic heterocycles.